The number of nitrogens with one attached hydrogen (secondary N) is 1. The molecule has 0 bridgehead atoms. The van der Waals surface area contributed by atoms with E-state index in [-0.39, 0.29) is 5.91 Å². The van der Waals surface area contributed by atoms with Crippen LogP contribution in [0.15, 0.2) is 84.9 Å². The number of primary amides is 1. The van der Waals surface area contributed by atoms with Crippen molar-refractivity contribution in [3.63, 3.8) is 0 Å². The lowest BCUT2D eigenvalue weighted by Gasteiger charge is -2.06. The smallest absolute Gasteiger partial charge is 0.255 e. The topological polar surface area (TPSA) is 85.1 Å². The Morgan fingerprint density at radius 3 is 2.40 bits per heavy atom. The van der Waals surface area contributed by atoms with E-state index in [1.807, 2.05) is 60.7 Å². The van der Waals surface area contributed by atoms with Gasteiger partial charge in [-0.3, -0.25) is 9.59 Å². The predicted molar refractivity (Wildman–Crippen MR) is 120 cm³/mol. The van der Waals surface area contributed by atoms with Crippen molar-refractivity contribution in [3.8, 4) is 0 Å². The molecule has 0 saturated heterocycles. The maximum absolute atomic E-state index is 12.5. The van der Waals surface area contributed by atoms with Crippen LogP contribution in [0.25, 0.3) is 23.1 Å². The quantitative estimate of drug-likeness (QED) is 0.513. The van der Waals surface area contributed by atoms with Crippen molar-refractivity contribution < 1.29 is 9.59 Å². The molecule has 0 atom stereocenters. The summed E-state index contributed by atoms with van der Waals surface area (Å²) in [5.74, 6) is -0.800. The van der Waals surface area contributed by atoms with Crippen LogP contribution < -0.4 is 11.1 Å². The molecule has 2 amide bonds. The summed E-state index contributed by atoms with van der Waals surface area (Å²) in [7, 11) is 0. The minimum atomic E-state index is -0.539. The van der Waals surface area contributed by atoms with Gasteiger partial charge in [-0.05, 0) is 54.1 Å². The Kier molecular flexibility index (Phi) is 5.35. The van der Waals surface area contributed by atoms with Crippen molar-refractivity contribution in [2.24, 2.45) is 5.73 Å². The molecule has 3 aromatic carbocycles. The molecule has 30 heavy (non-hydrogen) atoms. The highest BCUT2D eigenvalue weighted by molar-refractivity contribution is 6.05. The number of benzene rings is 3. The van der Waals surface area contributed by atoms with Crippen molar-refractivity contribution in [3.05, 3.63) is 107 Å². The van der Waals surface area contributed by atoms with E-state index in [4.69, 9.17) is 5.73 Å². The lowest BCUT2D eigenvalue weighted by molar-refractivity contribution is 0.0996. The number of carbonyl (C=O) groups excluding carboxylic acids is 2. The van der Waals surface area contributed by atoms with Crippen LogP contribution in [0.3, 0.4) is 0 Å². The number of fused-ring (bicyclic) bond motifs is 1. The number of anilines is 1. The van der Waals surface area contributed by atoms with Gasteiger partial charge in [0.25, 0.3) is 5.91 Å². The van der Waals surface area contributed by atoms with Crippen LogP contribution in [0.5, 0.6) is 0 Å². The molecular formula is C25H19N3O2. The molecule has 0 aliphatic carbocycles. The molecule has 4 aromatic rings. The molecule has 0 spiro atoms. The number of aromatic nitrogens is 1. The van der Waals surface area contributed by atoms with Gasteiger partial charge in [-0.25, -0.2) is 4.98 Å². The Hall–Kier alpha value is -4.25. The Bertz CT molecular complexity index is 1260. The van der Waals surface area contributed by atoms with E-state index in [2.05, 4.69) is 10.3 Å². The van der Waals surface area contributed by atoms with Gasteiger partial charge in [0.15, 0.2) is 0 Å². The number of carbonyl (C=O) groups is 2. The lowest BCUT2D eigenvalue weighted by atomic mass is 10.1. The van der Waals surface area contributed by atoms with Gasteiger partial charge in [0, 0.05) is 22.2 Å². The summed E-state index contributed by atoms with van der Waals surface area (Å²) in [4.78, 5) is 28.3. The molecule has 5 heteroatoms. The van der Waals surface area contributed by atoms with Gasteiger partial charge < -0.3 is 11.1 Å². The van der Waals surface area contributed by atoms with Crippen molar-refractivity contribution in [2.75, 3.05) is 5.32 Å². The fourth-order valence-electron chi connectivity index (χ4n) is 3.06. The monoisotopic (exact) mass is 393 g/mol. The van der Waals surface area contributed by atoms with E-state index < -0.39 is 5.91 Å². The van der Waals surface area contributed by atoms with E-state index in [1.165, 1.54) is 0 Å². The zero-order chi connectivity index (χ0) is 20.9. The molecule has 146 valence electrons. The zero-order valence-corrected chi connectivity index (χ0v) is 16.1. The largest absolute Gasteiger partial charge is 0.366 e. The molecule has 3 N–H and O–H groups in total. The van der Waals surface area contributed by atoms with Crippen LogP contribution in [0.4, 0.5) is 5.69 Å². The molecule has 0 aliphatic rings. The van der Waals surface area contributed by atoms with Crippen LogP contribution >= 0.6 is 0 Å². The summed E-state index contributed by atoms with van der Waals surface area (Å²) in [6.45, 7) is 0. The lowest BCUT2D eigenvalue weighted by Crippen LogP contribution is -2.14. The molecule has 0 unspecified atom stereocenters. The summed E-state index contributed by atoms with van der Waals surface area (Å²) >= 11 is 0. The van der Waals surface area contributed by atoms with Gasteiger partial charge in [-0.2, -0.15) is 0 Å². The second-order valence-corrected chi connectivity index (χ2v) is 6.78. The first-order valence-corrected chi connectivity index (χ1v) is 9.44. The molecule has 4 rings (SSSR count). The van der Waals surface area contributed by atoms with E-state index in [0.29, 0.717) is 16.8 Å². The normalized spacial score (nSPS) is 10.9. The van der Waals surface area contributed by atoms with E-state index >= 15 is 0 Å². The highest BCUT2D eigenvalue weighted by Gasteiger charge is 2.07. The second kappa shape index (κ2) is 8.41. The summed E-state index contributed by atoms with van der Waals surface area (Å²) in [5, 5.41) is 3.88. The minimum Gasteiger partial charge on any atom is -0.366 e. The maximum atomic E-state index is 12.5. The van der Waals surface area contributed by atoms with E-state index in [9.17, 15) is 9.59 Å². The third-order valence-electron chi connectivity index (χ3n) is 4.64. The number of nitrogens with zero attached hydrogens (tertiary/aromatic N) is 1. The SMILES string of the molecule is NC(=O)c1cccc(NC(=O)c2ccc(/C=C/c3ccc4ccccc4n3)cc2)c1. The Balaban J connectivity index is 1.45. The van der Waals surface area contributed by atoms with Crippen LogP contribution in [-0.4, -0.2) is 16.8 Å². The van der Waals surface area contributed by atoms with Crippen LogP contribution in [-0.2, 0) is 0 Å². The van der Waals surface area contributed by atoms with Gasteiger partial charge >= 0.3 is 0 Å². The van der Waals surface area contributed by atoms with Gasteiger partial charge in [0.2, 0.25) is 5.91 Å². The number of para-hydroxylation sites is 1. The Morgan fingerprint density at radius 2 is 1.60 bits per heavy atom. The van der Waals surface area contributed by atoms with Crippen molar-refractivity contribution in [2.45, 2.75) is 0 Å². The molecule has 0 radical (unpaired) electrons. The number of amides is 2. The summed E-state index contributed by atoms with van der Waals surface area (Å²) in [6, 6.07) is 25.8. The van der Waals surface area contributed by atoms with Crippen molar-refractivity contribution in [1.29, 1.82) is 0 Å². The Morgan fingerprint density at radius 1 is 0.800 bits per heavy atom. The maximum Gasteiger partial charge on any atom is 0.255 e. The van der Waals surface area contributed by atoms with Gasteiger partial charge in [0.1, 0.15) is 0 Å². The molecular weight excluding hydrogens is 374 g/mol. The highest BCUT2D eigenvalue weighted by atomic mass is 16.2. The van der Waals surface area contributed by atoms with Gasteiger partial charge in [-0.1, -0.05) is 48.5 Å². The molecule has 0 aliphatic heterocycles. The molecule has 0 saturated carbocycles. The first-order valence-electron chi connectivity index (χ1n) is 9.44. The van der Waals surface area contributed by atoms with Crippen LogP contribution in [0.1, 0.15) is 32.0 Å². The van der Waals surface area contributed by atoms with Crippen LogP contribution in [0, 0.1) is 0 Å². The number of pyridine rings is 1. The van der Waals surface area contributed by atoms with E-state index in [1.54, 1.807) is 36.4 Å². The number of hydrogen-bond acceptors (Lipinski definition) is 3. The number of nitrogens with two attached hydrogens (primary N) is 1. The first kappa shape index (κ1) is 19.1. The summed E-state index contributed by atoms with van der Waals surface area (Å²) < 4.78 is 0. The highest BCUT2D eigenvalue weighted by Crippen LogP contribution is 2.15. The second-order valence-electron chi connectivity index (χ2n) is 6.78. The first-order chi connectivity index (χ1) is 14.6. The number of hydrogen-bond donors (Lipinski definition) is 2. The molecule has 1 heterocycles. The number of rotatable bonds is 5. The van der Waals surface area contributed by atoms with Crippen LogP contribution in [0.2, 0.25) is 0 Å². The van der Waals surface area contributed by atoms with Gasteiger partial charge in [0.05, 0.1) is 11.2 Å². The summed E-state index contributed by atoms with van der Waals surface area (Å²) in [5.41, 5.74) is 9.42. The average Bonchev–Trinajstić information content (AvgIpc) is 2.78. The predicted octanol–water partition coefficient (Wildman–Crippen LogP) is 4.76. The zero-order valence-electron chi connectivity index (χ0n) is 16.1. The molecule has 0 fully saturated rings. The Labute approximate surface area is 173 Å². The average molecular weight is 393 g/mol. The van der Waals surface area contributed by atoms with Crippen molar-refractivity contribution in [1.82, 2.24) is 4.98 Å². The fourth-order valence-corrected chi connectivity index (χ4v) is 3.06. The fraction of sp³-hybridized carbons (Fsp3) is 0. The third-order valence-corrected chi connectivity index (χ3v) is 4.64. The third kappa shape index (κ3) is 4.42. The minimum absolute atomic E-state index is 0.261. The van der Waals surface area contributed by atoms with E-state index in [0.717, 1.165) is 22.2 Å². The summed E-state index contributed by atoms with van der Waals surface area (Å²) in [6.07, 6.45) is 3.89. The van der Waals surface area contributed by atoms with Gasteiger partial charge in [-0.15, -0.1) is 0 Å². The standard InChI is InChI=1S/C25H19N3O2/c26-24(29)20-5-3-6-22(16-20)28-25(30)19-11-8-17(9-12-19)10-14-21-15-13-18-4-1-2-7-23(18)27-21/h1-16H,(H2,26,29)(H,28,30)/b14-10+. The molecule has 5 nitrogen and oxygen atoms in total. The molecule has 1 aromatic heterocycles. The van der Waals surface area contributed by atoms with Crippen molar-refractivity contribution >= 4 is 40.6 Å².